The number of nitrogens with zero attached hydrogens (tertiary/aromatic N) is 5. The minimum absolute atomic E-state index is 0.207. The monoisotopic (exact) mass is 421 g/mol. The van der Waals surface area contributed by atoms with E-state index in [1.165, 1.54) is 4.31 Å². The maximum Gasteiger partial charge on any atom is 0.279 e. The SMILES string of the molecule is Cn1nc(-c2nc(-c3ccccc3)no2)c2c1CCN(S(=O)(=O)c1ccccc1)C2. The highest BCUT2D eigenvalue weighted by Crippen LogP contribution is 2.32. The van der Waals surface area contributed by atoms with Gasteiger partial charge in [0.05, 0.1) is 4.90 Å². The van der Waals surface area contributed by atoms with Crippen molar-refractivity contribution in [3.8, 4) is 23.0 Å². The summed E-state index contributed by atoms with van der Waals surface area (Å²) in [6.07, 6.45) is 0.560. The second-order valence-electron chi connectivity index (χ2n) is 7.09. The molecule has 5 rings (SSSR count). The number of hydrogen-bond acceptors (Lipinski definition) is 6. The Morgan fingerprint density at radius 3 is 2.43 bits per heavy atom. The molecule has 152 valence electrons. The highest BCUT2D eigenvalue weighted by Gasteiger charge is 2.33. The summed E-state index contributed by atoms with van der Waals surface area (Å²) >= 11 is 0. The first-order valence-corrected chi connectivity index (χ1v) is 11.0. The van der Waals surface area contributed by atoms with Crippen LogP contribution in [0.25, 0.3) is 23.0 Å². The van der Waals surface area contributed by atoms with Gasteiger partial charge in [0.2, 0.25) is 15.8 Å². The van der Waals surface area contributed by atoms with Gasteiger partial charge in [0.25, 0.3) is 5.89 Å². The van der Waals surface area contributed by atoms with Crippen LogP contribution in [0.4, 0.5) is 0 Å². The third-order valence-electron chi connectivity index (χ3n) is 5.25. The van der Waals surface area contributed by atoms with Crippen LogP contribution in [0, 0.1) is 0 Å². The average Bonchev–Trinajstić information content (AvgIpc) is 3.40. The predicted octanol–water partition coefficient (Wildman–Crippen LogP) is 2.88. The summed E-state index contributed by atoms with van der Waals surface area (Å²) in [5, 5.41) is 8.63. The lowest BCUT2D eigenvalue weighted by Gasteiger charge is -2.26. The first kappa shape index (κ1) is 18.7. The standard InChI is InChI=1S/C21H19N5O3S/c1-25-18-12-13-26(30(27,28)16-10-6-3-7-11-16)14-17(18)19(23-25)21-22-20(24-29-21)15-8-4-2-5-9-15/h2-11H,12-14H2,1H3. The van der Waals surface area contributed by atoms with E-state index in [-0.39, 0.29) is 17.3 Å². The van der Waals surface area contributed by atoms with E-state index in [4.69, 9.17) is 4.52 Å². The molecule has 4 aromatic rings. The second-order valence-corrected chi connectivity index (χ2v) is 9.03. The van der Waals surface area contributed by atoms with Crippen molar-refractivity contribution in [1.29, 1.82) is 0 Å². The summed E-state index contributed by atoms with van der Waals surface area (Å²) in [5.41, 5.74) is 3.14. The molecule has 1 aliphatic rings. The topological polar surface area (TPSA) is 94.1 Å². The maximum absolute atomic E-state index is 13.1. The van der Waals surface area contributed by atoms with Crippen LogP contribution in [0.5, 0.6) is 0 Å². The third kappa shape index (κ3) is 3.12. The zero-order chi connectivity index (χ0) is 20.7. The number of fused-ring (bicyclic) bond motifs is 1. The lowest BCUT2D eigenvalue weighted by Crippen LogP contribution is -2.36. The van der Waals surface area contributed by atoms with Gasteiger partial charge in [-0.2, -0.15) is 14.4 Å². The van der Waals surface area contributed by atoms with E-state index >= 15 is 0 Å². The van der Waals surface area contributed by atoms with Crippen LogP contribution in [-0.4, -0.2) is 39.2 Å². The number of hydrogen-bond donors (Lipinski definition) is 0. The van der Waals surface area contributed by atoms with E-state index < -0.39 is 10.0 Å². The number of sulfonamides is 1. The van der Waals surface area contributed by atoms with Gasteiger partial charge in [0.1, 0.15) is 0 Å². The molecule has 1 aliphatic heterocycles. The average molecular weight is 421 g/mol. The summed E-state index contributed by atoms with van der Waals surface area (Å²) in [4.78, 5) is 4.78. The van der Waals surface area contributed by atoms with Crippen molar-refractivity contribution < 1.29 is 12.9 Å². The first-order valence-electron chi connectivity index (χ1n) is 9.53. The number of aryl methyl sites for hydroxylation is 1. The minimum atomic E-state index is -3.60. The van der Waals surface area contributed by atoms with E-state index in [0.29, 0.717) is 24.5 Å². The Morgan fingerprint density at radius 1 is 1.00 bits per heavy atom. The fourth-order valence-electron chi connectivity index (χ4n) is 3.71. The number of rotatable bonds is 4. The van der Waals surface area contributed by atoms with Crippen LogP contribution >= 0.6 is 0 Å². The van der Waals surface area contributed by atoms with E-state index in [1.807, 2.05) is 37.4 Å². The van der Waals surface area contributed by atoms with Gasteiger partial charge in [-0.25, -0.2) is 8.42 Å². The van der Waals surface area contributed by atoms with Crippen LogP contribution in [-0.2, 0) is 30.0 Å². The molecule has 0 bridgehead atoms. The Hall–Kier alpha value is -3.30. The molecule has 30 heavy (non-hydrogen) atoms. The van der Waals surface area contributed by atoms with E-state index in [1.54, 1.807) is 35.0 Å². The molecular formula is C21H19N5O3S. The lowest BCUT2D eigenvalue weighted by atomic mass is 10.1. The Morgan fingerprint density at radius 2 is 1.70 bits per heavy atom. The van der Waals surface area contributed by atoms with Gasteiger partial charge >= 0.3 is 0 Å². The van der Waals surface area contributed by atoms with Crippen LogP contribution in [0.15, 0.2) is 70.1 Å². The van der Waals surface area contributed by atoms with Crippen LogP contribution in [0.3, 0.4) is 0 Å². The Labute approximate surface area is 173 Å². The molecule has 0 spiro atoms. The largest absolute Gasteiger partial charge is 0.332 e. The van der Waals surface area contributed by atoms with Gasteiger partial charge in [0, 0.05) is 43.4 Å². The smallest absolute Gasteiger partial charge is 0.279 e. The van der Waals surface area contributed by atoms with Crippen molar-refractivity contribution in [2.45, 2.75) is 17.9 Å². The molecule has 2 aromatic carbocycles. The molecule has 0 radical (unpaired) electrons. The van der Waals surface area contributed by atoms with Crippen molar-refractivity contribution >= 4 is 10.0 Å². The van der Waals surface area contributed by atoms with Crippen molar-refractivity contribution in [3.05, 3.63) is 71.9 Å². The second kappa shape index (κ2) is 7.19. The molecular weight excluding hydrogens is 402 g/mol. The Balaban J connectivity index is 1.51. The molecule has 0 saturated heterocycles. The maximum atomic E-state index is 13.1. The van der Waals surface area contributed by atoms with E-state index in [0.717, 1.165) is 16.8 Å². The fraction of sp³-hybridized carbons (Fsp3) is 0.190. The normalized spacial score (nSPS) is 14.6. The Bertz CT molecular complexity index is 1300. The molecule has 0 aliphatic carbocycles. The molecule has 3 heterocycles. The number of benzene rings is 2. The molecule has 0 saturated carbocycles. The molecule has 0 amide bonds. The number of aromatic nitrogens is 4. The minimum Gasteiger partial charge on any atom is -0.332 e. The molecule has 9 heteroatoms. The van der Waals surface area contributed by atoms with Crippen LogP contribution < -0.4 is 0 Å². The molecule has 0 N–H and O–H groups in total. The Kier molecular flexibility index (Phi) is 4.48. The summed E-state index contributed by atoms with van der Waals surface area (Å²) < 4.78 is 34.9. The van der Waals surface area contributed by atoms with Crippen LogP contribution in [0.1, 0.15) is 11.3 Å². The molecule has 0 atom stereocenters. The first-order chi connectivity index (χ1) is 14.5. The lowest BCUT2D eigenvalue weighted by molar-refractivity contribution is 0.385. The zero-order valence-corrected chi connectivity index (χ0v) is 17.1. The van der Waals surface area contributed by atoms with Crippen molar-refractivity contribution in [2.75, 3.05) is 6.54 Å². The summed E-state index contributed by atoms with van der Waals surface area (Å²) in [5.74, 6) is 0.749. The fourth-order valence-corrected chi connectivity index (χ4v) is 5.14. The summed E-state index contributed by atoms with van der Waals surface area (Å²) in [6.45, 7) is 0.598. The van der Waals surface area contributed by atoms with Gasteiger partial charge in [-0.3, -0.25) is 4.68 Å². The zero-order valence-electron chi connectivity index (χ0n) is 16.3. The molecule has 8 nitrogen and oxygen atoms in total. The highest BCUT2D eigenvalue weighted by atomic mass is 32.2. The van der Waals surface area contributed by atoms with Crippen molar-refractivity contribution in [1.82, 2.24) is 24.2 Å². The predicted molar refractivity (Wildman–Crippen MR) is 110 cm³/mol. The van der Waals surface area contributed by atoms with Gasteiger partial charge < -0.3 is 4.52 Å². The highest BCUT2D eigenvalue weighted by molar-refractivity contribution is 7.89. The summed E-state index contributed by atoms with van der Waals surface area (Å²) in [6, 6.07) is 18.0. The quantitative estimate of drug-likeness (QED) is 0.503. The summed E-state index contributed by atoms with van der Waals surface area (Å²) in [7, 11) is -1.76. The van der Waals surface area contributed by atoms with Crippen LogP contribution in [0.2, 0.25) is 0 Å². The van der Waals surface area contributed by atoms with Gasteiger partial charge in [-0.15, -0.1) is 0 Å². The van der Waals surface area contributed by atoms with Crippen molar-refractivity contribution in [2.24, 2.45) is 7.05 Å². The molecule has 2 aromatic heterocycles. The van der Waals surface area contributed by atoms with Gasteiger partial charge in [0.15, 0.2) is 5.69 Å². The van der Waals surface area contributed by atoms with E-state index in [2.05, 4.69) is 15.2 Å². The van der Waals surface area contributed by atoms with Crippen molar-refractivity contribution in [3.63, 3.8) is 0 Å². The molecule has 0 unspecified atom stereocenters. The van der Waals surface area contributed by atoms with Gasteiger partial charge in [-0.05, 0) is 12.1 Å². The molecule has 0 fully saturated rings. The van der Waals surface area contributed by atoms with E-state index in [9.17, 15) is 8.42 Å². The van der Waals surface area contributed by atoms with Gasteiger partial charge in [-0.1, -0.05) is 53.7 Å². The third-order valence-corrected chi connectivity index (χ3v) is 7.11.